The topological polar surface area (TPSA) is 138 Å². The van der Waals surface area contributed by atoms with Crippen molar-refractivity contribution in [2.45, 2.75) is 32.4 Å². The van der Waals surface area contributed by atoms with E-state index in [1.165, 1.54) is 0 Å². The zero-order chi connectivity index (χ0) is 23.3. The Kier molecular flexibility index (Phi) is 7.70. The summed E-state index contributed by atoms with van der Waals surface area (Å²) in [5.74, 6) is -0.823. The number of rotatable bonds is 6. The van der Waals surface area contributed by atoms with E-state index in [2.05, 4.69) is 26.2 Å². The van der Waals surface area contributed by atoms with Crippen LogP contribution in [0.5, 0.6) is 0 Å². The minimum Gasteiger partial charge on any atom is -0.462 e. The maximum atomic E-state index is 12.3. The SMILES string of the molecule is CCOC(=O)c1ccc(NC(=O)C[C@H]2S/C(=N\N=C3/NC(=O)SC3=C(C)C)NC2=O)cc1. The van der Waals surface area contributed by atoms with E-state index in [1.807, 2.05) is 13.8 Å². The maximum absolute atomic E-state index is 12.3. The highest BCUT2D eigenvalue weighted by Crippen LogP contribution is 2.28. The lowest BCUT2D eigenvalue weighted by atomic mass is 10.2. The lowest BCUT2D eigenvalue weighted by molar-refractivity contribution is -0.122. The Labute approximate surface area is 192 Å². The molecular weight excluding hydrogens is 454 g/mol. The first kappa shape index (κ1) is 23.5. The van der Waals surface area contributed by atoms with E-state index in [-0.39, 0.29) is 35.2 Å². The van der Waals surface area contributed by atoms with E-state index < -0.39 is 11.2 Å². The molecule has 3 N–H and O–H groups in total. The number of hydrogen-bond acceptors (Lipinski definition) is 9. The molecule has 2 saturated heterocycles. The van der Waals surface area contributed by atoms with Gasteiger partial charge >= 0.3 is 5.97 Å². The third kappa shape index (κ3) is 5.98. The first-order chi connectivity index (χ1) is 15.3. The predicted molar refractivity (Wildman–Crippen MR) is 125 cm³/mol. The van der Waals surface area contributed by atoms with Gasteiger partial charge in [-0.15, -0.1) is 10.2 Å². The average molecular weight is 476 g/mol. The number of esters is 1. The Hall–Kier alpha value is -3.12. The van der Waals surface area contributed by atoms with Gasteiger partial charge in [0.05, 0.1) is 17.1 Å². The van der Waals surface area contributed by atoms with Crippen molar-refractivity contribution in [2.24, 2.45) is 10.2 Å². The van der Waals surface area contributed by atoms with E-state index >= 15 is 0 Å². The standard InChI is InChI=1S/C20H21N5O5S2/c1-4-30-18(28)11-5-7-12(8-6-11)21-14(26)9-13-17(27)23-19(31-13)25-24-16-15(10(2)3)32-20(29)22-16/h5-8,13H,4,9H2,1-3H3,(H,21,26)(H,22,24,29)(H,23,25,27)/t13-/m1/s1. The molecule has 1 aromatic carbocycles. The molecule has 3 amide bonds. The molecule has 32 heavy (non-hydrogen) atoms. The van der Waals surface area contributed by atoms with Crippen molar-refractivity contribution >= 4 is 63.2 Å². The van der Waals surface area contributed by atoms with E-state index in [9.17, 15) is 19.2 Å². The molecule has 1 aromatic rings. The van der Waals surface area contributed by atoms with Crippen molar-refractivity contribution in [1.82, 2.24) is 10.6 Å². The number of thioether (sulfide) groups is 2. The Balaban J connectivity index is 1.57. The van der Waals surface area contributed by atoms with Crippen molar-refractivity contribution in [2.75, 3.05) is 11.9 Å². The summed E-state index contributed by atoms with van der Waals surface area (Å²) in [6.45, 7) is 5.71. The van der Waals surface area contributed by atoms with Crippen molar-refractivity contribution in [3.8, 4) is 0 Å². The number of amidine groups is 2. The summed E-state index contributed by atoms with van der Waals surface area (Å²) >= 11 is 2.12. The summed E-state index contributed by atoms with van der Waals surface area (Å²) in [6.07, 6.45) is -0.0719. The molecule has 2 aliphatic heterocycles. The van der Waals surface area contributed by atoms with Crippen LogP contribution in [0.1, 0.15) is 37.6 Å². The molecule has 3 rings (SSSR count). The quantitative estimate of drug-likeness (QED) is 0.425. The van der Waals surface area contributed by atoms with E-state index in [0.29, 0.717) is 22.0 Å². The number of carbonyl (C=O) groups is 4. The molecule has 0 radical (unpaired) electrons. The second kappa shape index (κ2) is 10.5. The van der Waals surface area contributed by atoms with Gasteiger partial charge in [0.2, 0.25) is 11.8 Å². The normalized spacial score (nSPS) is 20.3. The van der Waals surface area contributed by atoms with Crippen LogP contribution < -0.4 is 16.0 Å². The molecule has 10 nitrogen and oxygen atoms in total. The number of amides is 3. The first-order valence-corrected chi connectivity index (χ1v) is 11.3. The summed E-state index contributed by atoms with van der Waals surface area (Å²) < 4.78 is 4.92. The number of carbonyl (C=O) groups excluding carboxylic acids is 4. The highest BCUT2D eigenvalue weighted by Gasteiger charge is 2.32. The average Bonchev–Trinajstić information content (AvgIpc) is 3.29. The fourth-order valence-corrected chi connectivity index (χ4v) is 4.34. The van der Waals surface area contributed by atoms with E-state index in [1.54, 1.807) is 31.2 Å². The smallest absolute Gasteiger partial charge is 0.338 e. The highest BCUT2D eigenvalue weighted by atomic mass is 32.2. The monoisotopic (exact) mass is 475 g/mol. The molecule has 2 aliphatic rings. The predicted octanol–water partition coefficient (Wildman–Crippen LogP) is 2.84. The fraction of sp³-hybridized carbons (Fsp3) is 0.300. The number of ether oxygens (including phenoxy) is 1. The van der Waals surface area contributed by atoms with Gasteiger partial charge in [-0.3, -0.25) is 19.7 Å². The Morgan fingerprint density at radius 3 is 2.50 bits per heavy atom. The Morgan fingerprint density at radius 1 is 1.12 bits per heavy atom. The fourth-order valence-electron chi connectivity index (χ4n) is 2.70. The Morgan fingerprint density at radius 2 is 1.84 bits per heavy atom. The van der Waals surface area contributed by atoms with Gasteiger partial charge in [-0.2, -0.15) is 0 Å². The van der Waals surface area contributed by atoms with Crippen molar-refractivity contribution in [1.29, 1.82) is 0 Å². The molecule has 2 fully saturated rings. The van der Waals surface area contributed by atoms with Crippen LogP contribution in [0.2, 0.25) is 0 Å². The van der Waals surface area contributed by atoms with Crippen LogP contribution in [0.4, 0.5) is 10.5 Å². The van der Waals surface area contributed by atoms with Crippen molar-refractivity contribution in [3.63, 3.8) is 0 Å². The lowest BCUT2D eigenvalue weighted by Gasteiger charge is -2.08. The van der Waals surface area contributed by atoms with Crippen LogP contribution in [-0.2, 0) is 14.3 Å². The number of nitrogens with zero attached hydrogens (tertiary/aromatic N) is 2. The van der Waals surface area contributed by atoms with Crippen LogP contribution in [0.25, 0.3) is 0 Å². The largest absolute Gasteiger partial charge is 0.462 e. The van der Waals surface area contributed by atoms with Gasteiger partial charge in [0.15, 0.2) is 11.0 Å². The summed E-state index contributed by atoms with van der Waals surface area (Å²) in [4.78, 5) is 48.5. The molecule has 0 aliphatic carbocycles. The van der Waals surface area contributed by atoms with Crippen LogP contribution in [0.3, 0.4) is 0 Å². The van der Waals surface area contributed by atoms with Gasteiger partial charge in [-0.05, 0) is 56.8 Å². The zero-order valence-electron chi connectivity index (χ0n) is 17.6. The third-order valence-corrected chi connectivity index (χ3v) is 6.32. The molecular formula is C20H21N5O5S2. The molecule has 0 saturated carbocycles. The van der Waals surface area contributed by atoms with Crippen LogP contribution >= 0.6 is 23.5 Å². The summed E-state index contributed by atoms with van der Waals surface area (Å²) in [7, 11) is 0. The van der Waals surface area contributed by atoms with E-state index in [4.69, 9.17) is 4.74 Å². The molecule has 168 valence electrons. The Bertz CT molecular complexity index is 1040. The van der Waals surface area contributed by atoms with Gasteiger partial charge < -0.3 is 15.4 Å². The molecule has 1 atom stereocenters. The molecule has 0 bridgehead atoms. The second-order valence-corrected chi connectivity index (χ2v) is 9.02. The van der Waals surface area contributed by atoms with E-state index in [0.717, 1.165) is 29.1 Å². The number of anilines is 1. The maximum Gasteiger partial charge on any atom is 0.338 e. The summed E-state index contributed by atoms with van der Waals surface area (Å²) in [5, 5.41) is 15.3. The molecule has 0 unspecified atom stereocenters. The number of hydrogen-bond donors (Lipinski definition) is 3. The van der Waals surface area contributed by atoms with Crippen LogP contribution in [0.15, 0.2) is 44.9 Å². The van der Waals surface area contributed by atoms with Crippen LogP contribution in [0, 0.1) is 0 Å². The molecule has 2 heterocycles. The zero-order valence-corrected chi connectivity index (χ0v) is 19.2. The minimum absolute atomic E-state index is 0.0719. The summed E-state index contributed by atoms with van der Waals surface area (Å²) in [5.41, 5.74) is 1.79. The highest BCUT2D eigenvalue weighted by molar-refractivity contribution is 8.18. The molecule has 0 spiro atoms. The van der Waals surface area contributed by atoms with Gasteiger partial charge in [-0.25, -0.2) is 4.79 Å². The minimum atomic E-state index is -0.664. The van der Waals surface area contributed by atoms with Gasteiger partial charge in [0, 0.05) is 12.1 Å². The van der Waals surface area contributed by atoms with Gasteiger partial charge in [0.25, 0.3) is 5.24 Å². The number of allylic oxidation sites excluding steroid dienone is 1. The third-order valence-electron chi connectivity index (χ3n) is 4.15. The second-order valence-electron chi connectivity index (χ2n) is 6.84. The lowest BCUT2D eigenvalue weighted by Crippen LogP contribution is -2.28. The summed E-state index contributed by atoms with van der Waals surface area (Å²) in [6, 6.07) is 6.28. The number of benzene rings is 1. The van der Waals surface area contributed by atoms with Crippen molar-refractivity contribution in [3.05, 3.63) is 40.3 Å². The van der Waals surface area contributed by atoms with Gasteiger partial charge in [0.1, 0.15) is 5.25 Å². The van der Waals surface area contributed by atoms with Crippen LogP contribution in [-0.4, -0.2) is 45.9 Å². The number of nitrogens with one attached hydrogen (secondary N) is 3. The molecule has 12 heteroatoms. The van der Waals surface area contributed by atoms with Gasteiger partial charge in [-0.1, -0.05) is 17.3 Å². The molecule has 0 aromatic heterocycles. The van der Waals surface area contributed by atoms with Crippen molar-refractivity contribution < 1.29 is 23.9 Å². The first-order valence-electron chi connectivity index (χ1n) is 9.63.